The van der Waals surface area contributed by atoms with Crippen molar-refractivity contribution in [1.82, 2.24) is 40.7 Å². The minimum atomic E-state index is -0.676. The van der Waals surface area contributed by atoms with Crippen LogP contribution in [0.1, 0.15) is 107 Å². The Kier molecular flexibility index (Phi) is 20.7. The van der Waals surface area contributed by atoms with Crippen molar-refractivity contribution in [3.8, 4) is 0 Å². The molecule has 0 saturated carbocycles. The standard InChI is InChI=1S/2C24H26N4O3.C10H12BrN3O.2CH4.ClH/c2*1-15-18-7-5-6-8-19(18)31-20(15)14-28(4)21(29)10-9-16-11-17-13-26-24(2,3)23(30)27-22(17)25-12-16;1-10(2)9(15)14-8-6(4-13-10)3-7(11)5-12-8;;;/h2*5-12,26H,13-14H2,1-4H3,(H,25,27,30);3,5,13H,4H2,1-2H3,(H,12,14,15);2*1H4;1H/b2*10-9+;;;;. The molecule has 80 heavy (non-hydrogen) atoms. The van der Waals surface area contributed by atoms with Gasteiger partial charge in [0.1, 0.15) is 40.1 Å². The molecule has 424 valence electrons. The van der Waals surface area contributed by atoms with Crippen molar-refractivity contribution in [3.63, 3.8) is 0 Å². The Morgan fingerprint density at radius 1 is 0.575 bits per heavy atom. The second-order valence-electron chi connectivity index (χ2n) is 20.9. The van der Waals surface area contributed by atoms with Gasteiger partial charge >= 0.3 is 0 Å². The number of anilines is 3. The van der Waals surface area contributed by atoms with E-state index in [-0.39, 0.29) is 56.8 Å². The maximum atomic E-state index is 12.6. The number of carbonyl (C=O) groups excluding carboxylic acids is 5. The second kappa shape index (κ2) is 26.2. The number of amides is 5. The largest absolute Gasteiger partial charge is 0.459 e. The van der Waals surface area contributed by atoms with Crippen molar-refractivity contribution in [2.24, 2.45) is 0 Å². The van der Waals surface area contributed by atoms with Gasteiger partial charge in [-0.1, -0.05) is 51.3 Å². The number of nitrogens with zero attached hydrogens (tertiary/aromatic N) is 5. The van der Waals surface area contributed by atoms with Crippen LogP contribution in [0.2, 0.25) is 0 Å². The summed E-state index contributed by atoms with van der Waals surface area (Å²) >= 11 is 3.36. The highest BCUT2D eigenvalue weighted by Gasteiger charge is 2.33. The van der Waals surface area contributed by atoms with E-state index in [0.29, 0.717) is 50.2 Å². The predicted molar refractivity (Wildman–Crippen MR) is 323 cm³/mol. The van der Waals surface area contributed by atoms with E-state index in [1.807, 2.05) is 122 Å². The molecule has 0 unspecified atom stereocenters. The molecule has 2 aromatic carbocycles. The zero-order chi connectivity index (χ0) is 55.4. The zero-order valence-electron chi connectivity index (χ0n) is 45.3. The first kappa shape index (κ1) is 63.3. The van der Waals surface area contributed by atoms with Gasteiger partial charge in [0.2, 0.25) is 29.5 Å². The van der Waals surface area contributed by atoms with E-state index in [1.165, 1.54) is 12.2 Å². The summed E-state index contributed by atoms with van der Waals surface area (Å²) in [4.78, 5) is 77.6. The fraction of sp³-hybridized carbons (Fsp3) is 0.333. The van der Waals surface area contributed by atoms with Crippen molar-refractivity contribution in [2.75, 3.05) is 30.0 Å². The van der Waals surface area contributed by atoms with Crippen LogP contribution in [0, 0.1) is 13.8 Å². The molecule has 0 aliphatic carbocycles. The van der Waals surface area contributed by atoms with Gasteiger partial charge in [-0.05, 0) is 125 Å². The van der Waals surface area contributed by atoms with Crippen molar-refractivity contribution < 1.29 is 32.8 Å². The number of aromatic nitrogens is 3. The van der Waals surface area contributed by atoms with Crippen LogP contribution in [-0.2, 0) is 56.7 Å². The van der Waals surface area contributed by atoms with Gasteiger partial charge in [0, 0.05) is 108 Å². The highest BCUT2D eigenvalue weighted by molar-refractivity contribution is 9.10. The van der Waals surface area contributed by atoms with E-state index in [9.17, 15) is 24.0 Å². The molecule has 7 aromatic rings. The fourth-order valence-corrected chi connectivity index (χ4v) is 8.75. The van der Waals surface area contributed by atoms with Crippen LogP contribution in [-0.4, -0.2) is 85.0 Å². The van der Waals surface area contributed by atoms with E-state index >= 15 is 0 Å². The van der Waals surface area contributed by atoms with Crippen molar-refractivity contribution in [2.45, 2.75) is 120 Å². The van der Waals surface area contributed by atoms with Gasteiger partial charge in [0.05, 0.1) is 29.7 Å². The minimum Gasteiger partial charge on any atom is -0.459 e. The Morgan fingerprint density at radius 2 is 0.912 bits per heavy atom. The first-order chi connectivity index (χ1) is 36.5. The number of furan rings is 2. The zero-order valence-corrected chi connectivity index (χ0v) is 47.7. The fourth-order valence-electron chi connectivity index (χ4n) is 8.37. The number of benzene rings is 2. The molecule has 3 aliphatic rings. The van der Waals surface area contributed by atoms with Crippen molar-refractivity contribution >= 4 is 109 Å². The number of hydrogen-bond donors (Lipinski definition) is 6. The molecule has 3 aliphatic heterocycles. The SMILES string of the molecule is C.C.CC1(C)NCc2cc(Br)cnc2NC1=O.Cc1c(CN(C)C(=O)/C=C/c2cnc3c(c2)CNC(C)(C)C(=O)N3)oc2ccccc12.Cc1c(CN(C)C(=O)/C=C/c2cnc3c(c2)CNC(C)(C)C(=O)N3)oc2ccccc12.Cl. The molecule has 0 fully saturated rings. The van der Waals surface area contributed by atoms with Gasteiger partial charge in [0.15, 0.2) is 0 Å². The quantitative estimate of drug-likeness (QED) is 0.0779. The number of likely N-dealkylation sites (N-methyl/N-ethyl adjacent to an activating group) is 2. The lowest BCUT2D eigenvalue weighted by atomic mass is 10.1. The average Bonchev–Trinajstić information content (AvgIpc) is 3.79. The van der Waals surface area contributed by atoms with Gasteiger partial charge in [-0.2, -0.15) is 0 Å². The summed E-state index contributed by atoms with van der Waals surface area (Å²) in [5, 5.41) is 20.2. The number of nitrogens with one attached hydrogen (secondary N) is 6. The van der Waals surface area contributed by atoms with E-state index < -0.39 is 16.6 Å². The Hall–Kier alpha value is -7.55. The lowest BCUT2D eigenvalue weighted by Crippen LogP contribution is -2.47. The van der Waals surface area contributed by atoms with Crippen LogP contribution >= 0.6 is 28.3 Å². The number of aryl methyl sites for hydroxylation is 2. The third kappa shape index (κ3) is 14.8. The first-order valence-corrected chi connectivity index (χ1v) is 25.9. The van der Waals surface area contributed by atoms with Crippen LogP contribution < -0.4 is 31.9 Å². The molecular weight excluding hydrogens is 1100 g/mol. The monoisotopic (exact) mass is 1170 g/mol. The van der Waals surface area contributed by atoms with Crippen LogP contribution in [0.15, 0.2) is 111 Å². The van der Waals surface area contributed by atoms with Gasteiger partial charge < -0.3 is 34.6 Å². The lowest BCUT2D eigenvalue weighted by Gasteiger charge is -2.21. The van der Waals surface area contributed by atoms with E-state index in [0.717, 1.165) is 76.9 Å². The minimum absolute atomic E-state index is 0. The van der Waals surface area contributed by atoms with Crippen LogP contribution in [0.25, 0.3) is 34.1 Å². The molecule has 0 atom stereocenters. The molecule has 6 N–H and O–H groups in total. The number of fused-ring (bicyclic) bond motifs is 5. The predicted octanol–water partition coefficient (Wildman–Crippen LogP) is 10.6. The number of para-hydroxylation sites is 2. The average molecular weight is 1180 g/mol. The Bertz CT molecular complexity index is 3310. The summed E-state index contributed by atoms with van der Waals surface area (Å²) in [7, 11) is 3.49. The highest BCUT2D eigenvalue weighted by Crippen LogP contribution is 2.29. The number of carbonyl (C=O) groups is 5. The second-order valence-corrected chi connectivity index (χ2v) is 21.8. The Morgan fingerprint density at radius 3 is 1.27 bits per heavy atom. The summed E-state index contributed by atoms with van der Waals surface area (Å²) in [6.07, 6.45) is 11.5. The van der Waals surface area contributed by atoms with Gasteiger partial charge in [-0.25, -0.2) is 15.0 Å². The molecule has 0 saturated heterocycles. The van der Waals surface area contributed by atoms with E-state index in [4.69, 9.17) is 8.83 Å². The summed E-state index contributed by atoms with van der Waals surface area (Å²) in [6.45, 7) is 17.4. The van der Waals surface area contributed by atoms with Gasteiger partial charge in [0.25, 0.3) is 0 Å². The molecule has 0 spiro atoms. The normalized spacial score (nSPS) is 15.6. The molecule has 5 aromatic heterocycles. The van der Waals surface area contributed by atoms with Crippen LogP contribution in [0.3, 0.4) is 0 Å². The number of hydrogen-bond acceptors (Lipinski definition) is 13. The summed E-state index contributed by atoms with van der Waals surface area (Å²) < 4.78 is 12.7. The lowest BCUT2D eigenvalue weighted by molar-refractivity contribution is -0.126. The molecule has 18 nitrogen and oxygen atoms in total. The molecule has 8 heterocycles. The number of rotatable bonds is 8. The Labute approximate surface area is 482 Å². The smallest absolute Gasteiger partial charge is 0.246 e. The topological polar surface area (TPSA) is 229 Å². The summed E-state index contributed by atoms with van der Waals surface area (Å²) in [5.74, 6) is 2.71. The van der Waals surface area contributed by atoms with Gasteiger partial charge in [-0.3, -0.25) is 39.9 Å². The molecule has 0 bridgehead atoms. The van der Waals surface area contributed by atoms with Crippen molar-refractivity contribution in [1.29, 1.82) is 0 Å². The number of halogens is 2. The Balaban J connectivity index is 0.000000229. The maximum absolute atomic E-state index is 12.6. The van der Waals surface area contributed by atoms with Crippen LogP contribution in [0.5, 0.6) is 0 Å². The third-order valence-electron chi connectivity index (χ3n) is 13.7. The highest BCUT2D eigenvalue weighted by atomic mass is 79.9. The molecule has 10 rings (SSSR count). The first-order valence-electron chi connectivity index (χ1n) is 25.1. The molecule has 5 amide bonds. The van der Waals surface area contributed by atoms with Gasteiger partial charge in [-0.15, -0.1) is 12.4 Å². The summed E-state index contributed by atoms with van der Waals surface area (Å²) in [5.41, 5.74) is 6.15. The molecule has 0 radical (unpaired) electrons. The molecular formula is C60H73BrClN11O7. The molecule has 20 heteroatoms. The maximum Gasteiger partial charge on any atom is 0.246 e. The number of pyridine rings is 3. The van der Waals surface area contributed by atoms with E-state index in [2.05, 4.69) is 62.8 Å². The van der Waals surface area contributed by atoms with Crippen LogP contribution in [0.4, 0.5) is 17.5 Å². The third-order valence-corrected chi connectivity index (χ3v) is 14.1. The van der Waals surface area contributed by atoms with E-state index in [1.54, 1.807) is 54.6 Å². The summed E-state index contributed by atoms with van der Waals surface area (Å²) in [6, 6.07) is 21.5. The van der Waals surface area contributed by atoms with Crippen molar-refractivity contribution in [3.05, 3.63) is 152 Å².